The second-order valence-electron chi connectivity index (χ2n) is 2.28. The number of halogens is 1. The fourth-order valence-corrected chi connectivity index (χ4v) is 1.19. The number of hydrogen-bond acceptors (Lipinski definition) is 4. The lowest BCUT2D eigenvalue weighted by atomic mass is 10.2. The van der Waals surface area contributed by atoms with Crippen molar-refractivity contribution in [2.75, 3.05) is 12.9 Å². The van der Waals surface area contributed by atoms with Crippen molar-refractivity contribution in [2.45, 2.75) is 19.3 Å². The van der Waals surface area contributed by atoms with E-state index in [0.29, 0.717) is 6.42 Å². The van der Waals surface area contributed by atoms with Gasteiger partial charge >= 0.3 is 16.2 Å². The second kappa shape index (κ2) is 5.08. The summed E-state index contributed by atoms with van der Waals surface area (Å²) in [4.78, 5) is 10.5. The first-order chi connectivity index (χ1) is 5.45. The molecule has 0 N–H and O–H groups in total. The van der Waals surface area contributed by atoms with Gasteiger partial charge < -0.3 is 4.74 Å². The van der Waals surface area contributed by atoms with E-state index in [-0.39, 0.29) is 12.8 Å². The molecule has 0 aromatic heterocycles. The highest BCUT2D eigenvalue weighted by Crippen LogP contribution is 2.01. The van der Waals surface area contributed by atoms with Gasteiger partial charge in [-0.25, -0.2) is 0 Å². The molecule has 0 spiro atoms. The summed E-state index contributed by atoms with van der Waals surface area (Å²) in [6.45, 7) is 0. The minimum atomic E-state index is -4.38. The van der Waals surface area contributed by atoms with Crippen molar-refractivity contribution >= 4 is 16.2 Å². The fourth-order valence-electron chi connectivity index (χ4n) is 0.646. The Hall–Kier alpha value is -0.650. The maximum atomic E-state index is 11.9. The molecule has 0 saturated heterocycles. The normalized spacial score (nSPS) is 11.2. The summed E-state index contributed by atoms with van der Waals surface area (Å²) in [7, 11) is -3.14. The summed E-state index contributed by atoms with van der Waals surface area (Å²) in [5, 5.41) is 0. The average molecular weight is 198 g/mol. The molecule has 0 aromatic carbocycles. The number of hydrogen-bond donors (Lipinski definition) is 0. The Bertz CT molecular complexity index is 234. The minimum Gasteiger partial charge on any atom is -0.469 e. The molecular weight excluding hydrogens is 187 g/mol. The molecule has 6 heteroatoms. The standard InChI is InChI=1S/C6H11FO4S/c1-11-6(8)4-2-3-5-12(7,9)10/h2-5H2,1H3. The van der Waals surface area contributed by atoms with Crippen LogP contribution in [0.4, 0.5) is 3.89 Å². The highest BCUT2D eigenvalue weighted by atomic mass is 32.3. The number of esters is 1. The van der Waals surface area contributed by atoms with E-state index in [9.17, 15) is 17.1 Å². The van der Waals surface area contributed by atoms with Crippen LogP contribution in [0.5, 0.6) is 0 Å². The highest BCUT2D eigenvalue weighted by Gasteiger charge is 2.07. The Balaban J connectivity index is 3.40. The predicted octanol–water partition coefficient (Wildman–Crippen LogP) is 0.629. The molecule has 0 aliphatic rings. The molecule has 0 aliphatic carbocycles. The second-order valence-corrected chi connectivity index (χ2v) is 3.76. The number of ether oxygens (including phenoxy) is 1. The van der Waals surface area contributed by atoms with E-state index >= 15 is 0 Å². The van der Waals surface area contributed by atoms with Gasteiger partial charge in [-0.05, 0) is 12.8 Å². The zero-order valence-electron chi connectivity index (χ0n) is 6.75. The van der Waals surface area contributed by atoms with E-state index < -0.39 is 21.9 Å². The molecular formula is C6H11FO4S. The van der Waals surface area contributed by atoms with Crippen molar-refractivity contribution in [1.82, 2.24) is 0 Å². The van der Waals surface area contributed by atoms with Crippen LogP contribution in [0, 0.1) is 0 Å². The van der Waals surface area contributed by atoms with Crippen molar-refractivity contribution < 1.29 is 21.8 Å². The van der Waals surface area contributed by atoms with Crippen molar-refractivity contribution in [1.29, 1.82) is 0 Å². The average Bonchev–Trinajstić information content (AvgIpc) is 1.96. The zero-order chi connectivity index (χ0) is 9.61. The van der Waals surface area contributed by atoms with Gasteiger partial charge in [0, 0.05) is 6.42 Å². The largest absolute Gasteiger partial charge is 0.469 e. The van der Waals surface area contributed by atoms with E-state index in [2.05, 4.69) is 4.74 Å². The van der Waals surface area contributed by atoms with Gasteiger partial charge in [-0.2, -0.15) is 8.42 Å². The quantitative estimate of drug-likeness (QED) is 0.369. The molecule has 0 unspecified atom stereocenters. The van der Waals surface area contributed by atoms with Gasteiger partial charge in [0.2, 0.25) is 0 Å². The molecule has 12 heavy (non-hydrogen) atoms. The van der Waals surface area contributed by atoms with Crippen LogP contribution in [0.15, 0.2) is 0 Å². The van der Waals surface area contributed by atoms with E-state index in [1.54, 1.807) is 0 Å². The smallest absolute Gasteiger partial charge is 0.305 e. The molecule has 0 radical (unpaired) electrons. The lowest BCUT2D eigenvalue weighted by Crippen LogP contribution is -2.02. The fraction of sp³-hybridized carbons (Fsp3) is 0.833. The molecule has 0 amide bonds. The maximum Gasteiger partial charge on any atom is 0.305 e. The molecule has 0 atom stereocenters. The molecule has 0 fully saturated rings. The predicted molar refractivity (Wildman–Crippen MR) is 40.8 cm³/mol. The third-order valence-electron chi connectivity index (χ3n) is 1.25. The van der Waals surface area contributed by atoms with Gasteiger partial charge in [-0.15, -0.1) is 3.89 Å². The van der Waals surface area contributed by atoms with Gasteiger partial charge in [0.1, 0.15) is 0 Å². The summed E-state index contributed by atoms with van der Waals surface area (Å²) in [5.74, 6) is -0.935. The Morgan fingerprint density at radius 2 is 2.00 bits per heavy atom. The van der Waals surface area contributed by atoms with E-state index in [1.807, 2.05) is 0 Å². The van der Waals surface area contributed by atoms with Crippen LogP contribution < -0.4 is 0 Å². The number of carbonyl (C=O) groups excluding carboxylic acids is 1. The maximum absolute atomic E-state index is 11.9. The lowest BCUT2D eigenvalue weighted by molar-refractivity contribution is -0.140. The van der Waals surface area contributed by atoms with Gasteiger partial charge in [0.25, 0.3) is 0 Å². The van der Waals surface area contributed by atoms with Crippen LogP contribution in [0.3, 0.4) is 0 Å². The molecule has 0 rings (SSSR count). The van der Waals surface area contributed by atoms with Crippen LogP contribution >= 0.6 is 0 Å². The SMILES string of the molecule is COC(=O)CCCCS(=O)(=O)F. The molecule has 0 heterocycles. The lowest BCUT2D eigenvalue weighted by Gasteiger charge is -1.96. The molecule has 0 bridgehead atoms. The number of carbonyl (C=O) groups is 1. The Labute approximate surface area is 70.9 Å². The summed E-state index contributed by atoms with van der Waals surface area (Å²) in [6.07, 6.45) is 0.607. The zero-order valence-corrected chi connectivity index (χ0v) is 7.56. The first-order valence-electron chi connectivity index (χ1n) is 3.45. The van der Waals surface area contributed by atoms with Crippen molar-refractivity contribution in [3.05, 3.63) is 0 Å². The summed E-state index contributed by atoms with van der Waals surface area (Å²) in [6, 6.07) is 0. The Morgan fingerprint density at radius 3 is 2.42 bits per heavy atom. The van der Waals surface area contributed by atoms with Gasteiger partial charge in [-0.3, -0.25) is 4.79 Å². The van der Waals surface area contributed by atoms with Crippen LogP contribution in [0.1, 0.15) is 19.3 Å². The van der Waals surface area contributed by atoms with Crippen LogP contribution in [0.2, 0.25) is 0 Å². The molecule has 4 nitrogen and oxygen atoms in total. The first kappa shape index (κ1) is 11.4. The molecule has 0 aromatic rings. The highest BCUT2D eigenvalue weighted by molar-refractivity contribution is 7.86. The summed E-state index contributed by atoms with van der Waals surface area (Å²) >= 11 is 0. The summed E-state index contributed by atoms with van der Waals surface area (Å²) in [5.41, 5.74) is 0. The number of methoxy groups -OCH3 is 1. The Kier molecular flexibility index (Phi) is 4.80. The van der Waals surface area contributed by atoms with Crippen LogP contribution in [-0.2, 0) is 19.8 Å². The molecule has 0 saturated carbocycles. The minimum absolute atomic E-state index is 0.131. The van der Waals surface area contributed by atoms with Gasteiger partial charge in [0.15, 0.2) is 0 Å². The topological polar surface area (TPSA) is 60.4 Å². The van der Waals surface area contributed by atoms with Crippen LogP contribution in [-0.4, -0.2) is 27.2 Å². The first-order valence-corrected chi connectivity index (χ1v) is 5.00. The molecule has 0 aliphatic heterocycles. The van der Waals surface area contributed by atoms with E-state index in [0.717, 1.165) is 0 Å². The summed E-state index contributed by atoms with van der Waals surface area (Å²) < 4.78 is 36.1. The third-order valence-corrected chi connectivity index (χ3v) is 2.02. The Morgan fingerprint density at radius 1 is 1.42 bits per heavy atom. The number of rotatable bonds is 5. The number of unbranched alkanes of at least 4 members (excludes halogenated alkanes) is 1. The monoisotopic (exact) mass is 198 g/mol. The van der Waals surface area contributed by atoms with E-state index in [1.165, 1.54) is 7.11 Å². The van der Waals surface area contributed by atoms with Crippen molar-refractivity contribution in [2.24, 2.45) is 0 Å². The van der Waals surface area contributed by atoms with Crippen molar-refractivity contribution in [3.8, 4) is 0 Å². The van der Waals surface area contributed by atoms with Gasteiger partial charge in [0.05, 0.1) is 12.9 Å². The van der Waals surface area contributed by atoms with Gasteiger partial charge in [-0.1, -0.05) is 0 Å². The third kappa shape index (κ3) is 7.46. The van der Waals surface area contributed by atoms with Crippen molar-refractivity contribution in [3.63, 3.8) is 0 Å². The van der Waals surface area contributed by atoms with E-state index in [4.69, 9.17) is 0 Å². The molecule has 72 valence electrons. The van der Waals surface area contributed by atoms with Crippen LogP contribution in [0.25, 0.3) is 0 Å².